The molecule has 8 heteroatoms. The highest BCUT2D eigenvalue weighted by Crippen LogP contribution is 2.46. The first-order chi connectivity index (χ1) is 11.8. The Morgan fingerprint density at radius 1 is 0.923 bits per heavy atom. The van der Waals surface area contributed by atoms with Crippen LogP contribution in [0, 0.1) is 0 Å². The van der Waals surface area contributed by atoms with E-state index in [1.54, 1.807) is 0 Å². The highest BCUT2D eigenvalue weighted by molar-refractivity contribution is 7.93. The minimum atomic E-state index is -4.88. The number of unbranched alkanes of at least 4 members (excludes halogenated alkanes) is 1. The monoisotopic (exact) mass is 408 g/mol. The Morgan fingerprint density at radius 2 is 1.38 bits per heavy atom. The summed E-state index contributed by atoms with van der Waals surface area (Å²) in [4.78, 5) is 16.0. The van der Waals surface area contributed by atoms with Crippen molar-refractivity contribution in [2.24, 2.45) is 0 Å². The summed E-state index contributed by atoms with van der Waals surface area (Å²) in [6.45, 7) is 8.28. The van der Waals surface area contributed by atoms with Crippen LogP contribution >= 0.6 is 7.60 Å². The van der Waals surface area contributed by atoms with Crippen molar-refractivity contribution in [3.63, 3.8) is 0 Å². The fourth-order valence-corrected chi connectivity index (χ4v) is 4.84. The summed E-state index contributed by atoms with van der Waals surface area (Å²) >= 11 is 0. The highest BCUT2D eigenvalue weighted by Gasteiger charge is 2.38. The van der Waals surface area contributed by atoms with Crippen LogP contribution in [-0.2, 0) is 14.7 Å². The van der Waals surface area contributed by atoms with Gasteiger partial charge in [-0.15, -0.1) is 0 Å². The molecular weight excluding hydrogens is 375 g/mol. The Hall–Kier alpha value is -0.720. The van der Waals surface area contributed by atoms with Crippen LogP contribution in [0.3, 0.4) is 0 Å². The molecule has 0 fully saturated rings. The summed E-state index contributed by atoms with van der Waals surface area (Å²) in [5.41, 5.74) is 3.83. The Morgan fingerprint density at radius 3 is 1.81 bits per heavy atom. The van der Waals surface area contributed by atoms with Crippen molar-refractivity contribution in [2.45, 2.75) is 77.6 Å². The molecule has 3 N–H and O–H groups in total. The van der Waals surface area contributed by atoms with Crippen LogP contribution in [0.1, 0.15) is 72.6 Å². The molecule has 0 amide bonds. The molecule has 0 aromatic heterocycles. The van der Waals surface area contributed by atoms with Crippen molar-refractivity contribution in [3.8, 4) is 0 Å². The highest BCUT2D eigenvalue weighted by atomic mass is 32.2. The SMILES string of the molecule is CC(C)=CCCC(C)=CCCC(C)=CCCC[C@@H](P(=O)(O)O)S(=O)(=O)O. The molecule has 0 spiro atoms. The smallest absolute Gasteiger partial charge is 0.323 e. The van der Waals surface area contributed by atoms with Gasteiger partial charge in [-0.1, -0.05) is 34.9 Å². The topological polar surface area (TPSA) is 112 Å². The molecule has 0 heterocycles. The molecular formula is C18H33O6PS. The average Bonchev–Trinajstić information content (AvgIpc) is 2.43. The van der Waals surface area contributed by atoms with Crippen LogP contribution in [0.25, 0.3) is 0 Å². The summed E-state index contributed by atoms with van der Waals surface area (Å²) in [5.74, 6) is 0. The van der Waals surface area contributed by atoms with Crippen molar-refractivity contribution < 1.29 is 27.3 Å². The van der Waals surface area contributed by atoms with Gasteiger partial charge in [-0.3, -0.25) is 9.12 Å². The molecule has 26 heavy (non-hydrogen) atoms. The zero-order chi connectivity index (χ0) is 20.4. The lowest BCUT2D eigenvalue weighted by atomic mass is 10.1. The standard InChI is InChI=1S/C18H33O6PS/c1-15(2)9-7-11-17(4)13-8-12-16(3)10-5-6-14-18(25(19,20)21)26(22,23)24/h9-10,13,18H,5-8,11-12,14H2,1-4H3,(H2,19,20,21)(H,22,23,24)/t18-/m0/s1. The minimum Gasteiger partial charge on any atom is -0.323 e. The van der Waals surface area contributed by atoms with E-state index in [9.17, 15) is 13.0 Å². The fourth-order valence-electron chi connectivity index (χ4n) is 2.47. The summed E-state index contributed by atoms with van der Waals surface area (Å²) in [6.07, 6.45) is 10.8. The van der Waals surface area contributed by atoms with Gasteiger partial charge in [0, 0.05) is 0 Å². The predicted molar refractivity (Wildman–Crippen MR) is 107 cm³/mol. The second-order valence-corrected chi connectivity index (χ2v) is 10.7. The van der Waals surface area contributed by atoms with Crippen molar-refractivity contribution in [1.82, 2.24) is 0 Å². The van der Waals surface area contributed by atoms with Crippen molar-refractivity contribution >= 4 is 17.7 Å². The molecule has 0 aromatic carbocycles. The third-order valence-corrected chi connectivity index (χ3v) is 7.54. The van der Waals surface area contributed by atoms with E-state index in [0.717, 1.165) is 31.3 Å². The maximum atomic E-state index is 11.2. The first kappa shape index (κ1) is 25.3. The van der Waals surface area contributed by atoms with Gasteiger partial charge in [-0.2, -0.15) is 8.42 Å². The Kier molecular flexibility index (Phi) is 11.6. The van der Waals surface area contributed by atoms with Gasteiger partial charge in [0.15, 0.2) is 4.99 Å². The third kappa shape index (κ3) is 12.6. The molecule has 0 saturated carbocycles. The molecule has 6 nitrogen and oxygen atoms in total. The van der Waals surface area contributed by atoms with E-state index in [2.05, 4.69) is 32.9 Å². The molecule has 0 aliphatic heterocycles. The van der Waals surface area contributed by atoms with E-state index >= 15 is 0 Å². The van der Waals surface area contributed by atoms with Crippen molar-refractivity contribution in [3.05, 3.63) is 34.9 Å². The number of allylic oxidation sites excluding steroid dienone is 6. The van der Waals surface area contributed by atoms with Gasteiger partial charge < -0.3 is 9.79 Å². The van der Waals surface area contributed by atoms with E-state index in [4.69, 9.17) is 14.3 Å². The minimum absolute atomic E-state index is 0.268. The molecule has 152 valence electrons. The quantitative estimate of drug-likeness (QED) is 0.182. The van der Waals surface area contributed by atoms with Crippen molar-refractivity contribution in [2.75, 3.05) is 0 Å². The maximum Gasteiger partial charge on any atom is 0.346 e. The first-order valence-electron chi connectivity index (χ1n) is 8.80. The van der Waals surface area contributed by atoms with Gasteiger partial charge in [0.05, 0.1) is 0 Å². The third-order valence-electron chi connectivity index (χ3n) is 3.99. The average molecular weight is 408 g/mol. The molecule has 0 aromatic rings. The summed E-state index contributed by atoms with van der Waals surface area (Å²) in [6, 6.07) is 0. The fraction of sp³-hybridized carbons (Fsp3) is 0.667. The zero-order valence-corrected chi connectivity index (χ0v) is 17.9. The number of hydrogen-bond acceptors (Lipinski definition) is 3. The van der Waals surface area contributed by atoms with E-state index in [-0.39, 0.29) is 12.8 Å². The summed E-state index contributed by atoms with van der Waals surface area (Å²) < 4.78 is 42.2. The van der Waals surface area contributed by atoms with E-state index < -0.39 is 22.7 Å². The van der Waals surface area contributed by atoms with Crippen LogP contribution < -0.4 is 0 Å². The molecule has 0 unspecified atom stereocenters. The Bertz CT molecular complexity index is 666. The van der Waals surface area contributed by atoms with Crippen LogP contribution in [-0.4, -0.2) is 27.7 Å². The summed E-state index contributed by atoms with van der Waals surface area (Å²) in [5, 5.41) is 0. The molecule has 0 bridgehead atoms. The molecule has 1 atom stereocenters. The van der Waals surface area contributed by atoms with E-state index in [0.29, 0.717) is 6.42 Å². The lowest BCUT2D eigenvalue weighted by molar-refractivity contribution is 0.360. The maximum absolute atomic E-state index is 11.2. The van der Waals surface area contributed by atoms with Gasteiger partial charge in [-0.25, -0.2) is 0 Å². The predicted octanol–water partition coefficient (Wildman–Crippen LogP) is 4.97. The van der Waals surface area contributed by atoms with Gasteiger partial charge >= 0.3 is 7.60 Å². The molecule has 0 radical (unpaired) electrons. The second kappa shape index (κ2) is 11.9. The van der Waals surface area contributed by atoms with Crippen LogP contribution in [0.15, 0.2) is 34.9 Å². The van der Waals surface area contributed by atoms with Crippen LogP contribution in [0.4, 0.5) is 0 Å². The van der Waals surface area contributed by atoms with Gasteiger partial charge in [0.2, 0.25) is 0 Å². The second-order valence-electron chi connectivity index (χ2n) is 6.95. The molecule has 0 saturated heterocycles. The largest absolute Gasteiger partial charge is 0.346 e. The molecule has 0 aliphatic carbocycles. The van der Waals surface area contributed by atoms with Crippen molar-refractivity contribution in [1.29, 1.82) is 0 Å². The Labute approximate surface area is 158 Å². The number of rotatable bonds is 12. The number of hydrogen-bond donors (Lipinski definition) is 3. The van der Waals surface area contributed by atoms with Crippen LogP contribution in [0.2, 0.25) is 0 Å². The van der Waals surface area contributed by atoms with E-state index in [1.807, 2.05) is 13.0 Å². The van der Waals surface area contributed by atoms with Gasteiger partial charge in [0.25, 0.3) is 10.1 Å². The lowest BCUT2D eigenvalue weighted by Crippen LogP contribution is -2.20. The Balaban J connectivity index is 4.30. The molecule has 0 aliphatic rings. The first-order valence-corrected chi connectivity index (χ1v) is 12.0. The molecule has 0 rings (SSSR count). The lowest BCUT2D eigenvalue weighted by Gasteiger charge is -2.14. The van der Waals surface area contributed by atoms with E-state index in [1.165, 1.54) is 11.1 Å². The summed E-state index contributed by atoms with van der Waals surface area (Å²) in [7, 11) is -9.63. The normalized spacial score (nSPS) is 15.0. The van der Waals surface area contributed by atoms with Gasteiger partial charge in [-0.05, 0) is 72.6 Å². The zero-order valence-electron chi connectivity index (χ0n) is 16.2. The van der Waals surface area contributed by atoms with Crippen LogP contribution in [0.5, 0.6) is 0 Å². The van der Waals surface area contributed by atoms with Gasteiger partial charge in [0.1, 0.15) is 0 Å².